The summed E-state index contributed by atoms with van der Waals surface area (Å²) in [5.74, 6) is 0.116. The van der Waals surface area contributed by atoms with E-state index in [-0.39, 0.29) is 11.9 Å². The zero-order valence-electron chi connectivity index (χ0n) is 12.0. The molecule has 1 heterocycles. The molecule has 0 aromatic rings. The lowest BCUT2D eigenvalue weighted by Gasteiger charge is -2.30. The van der Waals surface area contributed by atoms with Crippen molar-refractivity contribution < 1.29 is 9.53 Å². The molecule has 1 aliphatic heterocycles. The molecule has 3 unspecified atom stereocenters. The van der Waals surface area contributed by atoms with Crippen LogP contribution in [0.1, 0.15) is 52.9 Å². The van der Waals surface area contributed by atoms with Gasteiger partial charge in [0.15, 0.2) is 0 Å². The second-order valence-electron chi connectivity index (χ2n) is 5.29. The molecule has 3 atom stereocenters. The Labute approximate surface area is 111 Å². The first kappa shape index (κ1) is 15.4. The van der Waals surface area contributed by atoms with Gasteiger partial charge in [-0.15, -0.1) is 0 Å². The van der Waals surface area contributed by atoms with Crippen LogP contribution in [0.5, 0.6) is 0 Å². The Bertz CT molecular complexity index is 246. The SMILES string of the molecule is CCCCCNC(=O)C(C)NC1CCOC(C)C1. The van der Waals surface area contributed by atoms with Gasteiger partial charge in [0.2, 0.25) is 5.91 Å². The lowest BCUT2D eigenvalue weighted by atomic mass is 10.0. The maximum Gasteiger partial charge on any atom is 0.236 e. The van der Waals surface area contributed by atoms with Crippen molar-refractivity contribution in [2.75, 3.05) is 13.2 Å². The van der Waals surface area contributed by atoms with Gasteiger partial charge in [-0.25, -0.2) is 0 Å². The van der Waals surface area contributed by atoms with Crippen molar-refractivity contribution in [2.24, 2.45) is 0 Å². The van der Waals surface area contributed by atoms with Gasteiger partial charge in [-0.1, -0.05) is 19.8 Å². The lowest BCUT2D eigenvalue weighted by Crippen LogP contribution is -2.49. The number of ether oxygens (including phenoxy) is 1. The van der Waals surface area contributed by atoms with Crippen molar-refractivity contribution in [3.8, 4) is 0 Å². The van der Waals surface area contributed by atoms with E-state index in [1.54, 1.807) is 0 Å². The molecule has 1 amide bonds. The van der Waals surface area contributed by atoms with Crippen molar-refractivity contribution >= 4 is 5.91 Å². The Balaban J connectivity index is 2.18. The summed E-state index contributed by atoms with van der Waals surface area (Å²) in [6.07, 6.45) is 5.73. The second kappa shape index (κ2) is 8.48. The van der Waals surface area contributed by atoms with Crippen LogP contribution < -0.4 is 10.6 Å². The lowest BCUT2D eigenvalue weighted by molar-refractivity contribution is -0.123. The van der Waals surface area contributed by atoms with Crippen LogP contribution in [0.25, 0.3) is 0 Å². The number of nitrogens with one attached hydrogen (secondary N) is 2. The van der Waals surface area contributed by atoms with Gasteiger partial charge in [0.1, 0.15) is 0 Å². The molecule has 4 nitrogen and oxygen atoms in total. The molecular formula is C14H28N2O2. The summed E-state index contributed by atoms with van der Waals surface area (Å²) in [6.45, 7) is 7.78. The van der Waals surface area contributed by atoms with Crippen LogP contribution in [-0.4, -0.2) is 37.2 Å². The maximum absolute atomic E-state index is 11.9. The third-order valence-corrected chi connectivity index (χ3v) is 3.44. The molecule has 0 aromatic carbocycles. The minimum atomic E-state index is -0.109. The molecule has 0 saturated carbocycles. The average molecular weight is 256 g/mol. The molecule has 2 N–H and O–H groups in total. The number of carbonyl (C=O) groups is 1. The summed E-state index contributed by atoms with van der Waals surface area (Å²) >= 11 is 0. The van der Waals surface area contributed by atoms with E-state index < -0.39 is 0 Å². The van der Waals surface area contributed by atoms with Gasteiger partial charge in [-0.3, -0.25) is 4.79 Å². The van der Waals surface area contributed by atoms with E-state index in [0.29, 0.717) is 12.1 Å². The fraction of sp³-hybridized carbons (Fsp3) is 0.929. The fourth-order valence-electron chi connectivity index (χ4n) is 2.32. The van der Waals surface area contributed by atoms with Gasteiger partial charge in [-0.05, 0) is 33.1 Å². The minimum absolute atomic E-state index is 0.109. The summed E-state index contributed by atoms with van der Waals surface area (Å²) in [5, 5.41) is 6.38. The monoisotopic (exact) mass is 256 g/mol. The number of hydrogen-bond acceptors (Lipinski definition) is 3. The van der Waals surface area contributed by atoms with E-state index in [1.165, 1.54) is 12.8 Å². The number of unbranched alkanes of at least 4 members (excludes halogenated alkanes) is 2. The molecule has 1 rings (SSSR count). The summed E-state index contributed by atoms with van der Waals surface area (Å²) in [4.78, 5) is 11.9. The molecule has 0 aromatic heterocycles. The van der Waals surface area contributed by atoms with Crippen LogP contribution >= 0.6 is 0 Å². The molecule has 106 valence electrons. The zero-order valence-corrected chi connectivity index (χ0v) is 12.0. The van der Waals surface area contributed by atoms with Crippen LogP contribution in [0.2, 0.25) is 0 Å². The summed E-state index contributed by atoms with van der Waals surface area (Å²) in [5.41, 5.74) is 0. The smallest absolute Gasteiger partial charge is 0.236 e. The molecule has 0 aliphatic carbocycles. The highest BCUT2D eigenvalue weighted by Crippen LogP contribution is 2.13. The van der Waals surface area contributed by atoms with E-state index in [4.69, 9.17) is 4.74 Å². The molecule has 1 fully saturated rings. The highest BCUT2D eigenvalue weighted by molar-refractivity contribution is 5.81. The van der Waals surface area contributed by atoms with Gasteiger partial charge in [-0.2, -0.15) is 0 Å². The van der Waals surface area contributed by atoms with Crippen molar-refractivity contribution in [2.45, 2.75) is 71.1 Å². The van der Waals surface area contributed by atoms with Crippen molar-refractivity contribution in [3.05, 3.63) is 0 Å². The Morgan fingerprint density at radius 3 is 2.89 bits per heavy atom. The Kier molecular flexibility index (Phi) is 7.28. The molecule has 0 spiro atoms. The first-order chi connectivity index (χ1) is 8.63. The standard InChI is InChI=1S/C14H28N2O2/c1-4-5-6-8-15-14(17)12(3)16-13-7-9-18-11(2)10-13/h11-13,16H,4-10H2,1-3H3,(H,15,17). The Hall–Kier alpha value is -0.610. The molecular weight excluding hydrogens is 228 g/mol. The van der Waals surface area contributed by atoms with Crippen LogP contribution in [0.4, 0.5) is 0 Å². The van der Waals surface area contributed by atoms with Crippen LogP contribution in [-0.2, 0) is 9.53 Å². The minimum Gasteiger partial charge on any atom is -0.378 e. The highest BCUT2D eigenvalue weighted by Gasteiger charge is 2.22. The number of amides is 1. The second-order valence-corrected chi connectivity index (χ2v) is 5.29. The molecule has 1 saturated heterocycles. The fourth-order valence-corrected chi connectivity index (χ4v) is 2.32. The van der Waals surface area contributed by atoms with Gasteiger partial charge in [0.05, 0.1) is 12.1 Å². The van der Waals surface area contributed by atoms with Crippen molar-refractivity contribution in [1.82, 2.24) is 10.6 Å². The molecule has 18 heavy (non-hydrogen) atoms. The van der Waals surface area contributed by atoms with Crippen molar-refractivity contribution in [1.29, 1.82) is 0 Å². The Morgan fingerprint density at radius 2 is 2.22 bits per heavy atom. The first-order valence-electron chi connectivity index (χ1n) is 7.28. The number of carbonyl (C=O) groups excluding carboxylic acids is 1. The van der Waals surface area contributed by atoms with Gasteiger partial charge < -0.3 is 15.4 Å². The van der Waals surface area contributed by atoms with E-state index in [9.17, 15) is 4.79 Å². The Morgan fingerprint density at radius 1 is 1.44 bits per heavy atom. The van der Waals surface area contributed by atoms with Crippen LogP contribution in [0.3, 0.4) is 0 Å². The third-order valence-electron chi connectivity index (χ3n) is 3.44. The van der Waals surface area contributed by atoms with Crippen molar-refractivity contribution in [3.63, 3.8) is 0 Å². The molecule has 4 heteroatoms. The largest absolute Gasteiger partial charge is 0.378 e. The quantitative estimate of drug-likeness (QED) is 0.683. The van der Waals surface area contributed by atoms with E-state index >= 15 is 0 Å². The molecule has 0 radical (unpaired) electrons. The van der Waals surface area contributed by atoms with E-state index in [2.05, 4.69) is 24.5 Å². The predicted molar refractivity (Wildman–Crippen MR) is 73.6 cm³/mol. The van der Waals surface area contributed by atoms with E-state index in [1.807, 2.05) is 6.92 Å². The normalized spacial score (nSPS) is 25.7. The van der Waals surface area contributed by atoms with Gasteiger partial charge in [0, 0.05) is 19.2 Å². The van der Waals surface area contributed by atoms with Gasteiger partial charge >= 0.3 is 0 Å². The third kappa shape index (κ3) is 5.83. The molecule has 0 bridgehead atoms. The summed E-state index contributed by atoms with van der Waals surface area (Å²) in [6, 6.07) is 0.298. The van der Waals surface area contributed by atoms with Gasteiger partial charge in [0.25, 0.3) is 0 Å². The average Bonchev–Trinajstić information content (AvgIpc) is 2.34. The van der Waals surface area contributed by atoms with Crippen LogP contribution in [0.15, 0.2) is 0 Å². The topological polar surface area (TPSA) is 50.4 Å². The zero-order chi connectivity index (χ0) is 13.4. The number of rotatable bonds is 7. The van der Waals surface area contributed by atoms with Crippen LogP contribution in [0, 0.1) is 0 Å². The highest BCUT2D eigenvalue weighted by atomic mass is 16.5. The maximum atomic E-state index is 11.9. The summed E-state index contributed by atoms with van der Waals surface area (Å²) < 4.78 is 5.50. The van der Waals surface area contributed by atoms with E-state index in [0.717, 1.165) is 32.4 Å². The predicted octanol–water partition coefficient (Wildman–Crippen LogP) is 1.84. The summed E-state index contributed by atoms with van der Waals surface area (Å²) in [7, 11) is 0. The number of hydrogen-bond donors (Lipinski definition) is 2. The first-order valence-corrected chi connectivity index (χ1v) is 7.28. The molecule has 1 aliphatic rings.